The molecular formula is C32H24N6S5. The molecule has 0 aliphatic heterocycles. The summed E-state index contributed by atoms with van der Waals surface area (Å²) in [5, 5.41) is 9.44. The summed E-state index contributed by atoms with van der Waals surface area (Å²) in [5.41, 5.74) is 8.13. The van der Waals surface area contributed by atoms with E-state index in [0.29, 0.717) is 0 Å². The van der Waals surface area contributed by atoms with Crippen LogP contribution in [-0.2, 0) is 0 Å². The first kappa shape index (κ1) is 26.9. The van der Waals surface area contributed by atoms with Gasteiger partial charge in [-0.2, -0.15) is 8.75 Å². The Morgan fingerprint density at radius 1 is 0.465 bits per heavy atom. The van der Waals surface area contributed by atoms with E-state index < -0.39 is 0 Å². The molecular weight excluding hydrogens is 629 g/mol. The molecule has 0 aliphatic rings. The van der Waals surface area contributed by atoms with E-state index in [1.165, 1.54) is 62.8 Å². The first-order valence-corrected chi connectivity index (χ1v) is 17.5. The zero-order valence-corrected chi connectivity index (χ0v) is 27.7. The van der Waals surface area contributed by atoms with Crippen LogP contribution in [0.15, 0.2) is 72.8 Å². The van der Waals surface area contributed by atoms with Crippen LogP contribution in [0.1, 0.15) is 0 Å². The van der Waals surface area contributed by atoms with Crippen LogP contribution in [0.5, 0.6) is 0 Å². The van der Waals surface area contributed by atoms with Gasteiger partial charge in [-0.1, -0.05) is 24.3 Å². The monoisotopic (exact) mass is 652 g/mol. The van der Waals surface area contributed by atoms with Crippen LogP contribution < -0.4 is 9.80 Å². The van der Waals surface area contributed by atoms with Crippen molar-refractivity contribution < 1.29 is 0 Å². The summed E-state index contributed by atoms with van der Waals surface area (Å²) >= 11 is 8.32. The van der Waals surface area contributed by atoms with E-state index in [-0.39, 0.29) is 0 Å². The highest BCUT2D eigenvalue weighted by atomic mass is 32.1. The fourth-order valence-electron chi connectivity index (χ4n) is 5.06. The van der Waals surface area contributed by atoms with E-state index in [2.05, 4.69) is 120 Å². The average Bonchev–Trinajstić information content (AvgIpc) is 3.82. The summed E-state index contributed by atoms with van der Waals surface area (Å²) in [7, 11) is 8.25. The van der Waals surface area contributed by atoms with Crippen molar-refractivity contribution in [3.05, 3.63) is 72.8 Å². The Morgan fingerprint density at radius 3 is 1.19 bits per heavy atom. The molecule has 0 saturated carbocycles. The quantitative estimate of drug-likeness (QED) is 0.178. The number of anilines is 2. The summed E-state index contributed by atoms with van der Waals surface area (Å²) in [6.07, 6.45) is 0. The van der Waals surface area contributed by atoms with E-state index in [1.54, 1.807) is 22.7 Å². The first-order valence-electron chi connectivity index (χ1n) is 13.5. The zero-order chi connectivity index (χ0) is 29.2. The Balaban J connectivity index is 1.10. The van der Waals surface area contributed by atoms with Crippen LogP contribution in [0.2, 0.25) is 0 Å². The minimum atomic E-state index is 0.805. The third-order valence-electron chi connectivity index (χ3n) is 7.40. The lowest BCUT2D eigenvalue weighted by Gasteiger charge is -2.12. The van der Waals surface area contributed by atoms with E-state index >= 15 is 0 Å². The second-order valence-corrected chi connectivity index (χ2v) is 15.5. The molecule has 0 atom stereocenters. The van der Waals surface area contributed by atoms with Crippen molar-refractivity contribution in [1.82, 2.24) is 18.9 Å². The molecule has 2 aromatic carbocycles. The molecule has 212 valence electrons. The number of hydrogen-bond donors (Lipinski definition) is 0. The van der Waals surface area contributed by atoms with Crippen molar-refractivity contribution in [3.8, 4) is 42.0 Å². The molecule has 0 saturated heterocycles. The minimum absolute atomic E-state index is 0.805. The minimum Gasteiger partial charge on any atom is -0.378 e. The van der Waals surface area contributed by atoms with Gasteiger partial charge in [0.2, 0.25) is 0 Å². The van der Waals surface area contributed by atoms with Gasteiger partial charge in [0, 0.05) is 68.1 Å². The molecule has 6 aromatic heterocycles. The van der Waals surface area contributed by atoms with Gasteiger partial charge in [0.1, 0.15) is 22.4 Å². The van der Waals surface area contributed by atoms with Crippen molar-refractivity contribution in [2.24, 2.45) is 0 Å². The molecule has 0 aliphatic carbocycles. The molecule has 0 amide bonds. The van der Waals surface area contributed by atoms with E-state index in [0.717, 1.165) is 32.2 Å². The smallest absolute Gasteiger partial charge is 0.136 e. The molecule has 8 aromatic rings. The molecule has 0 radical (unpaired) electrons. The summed E-state index contributed by atoms with van der Waals surface area (Å²) in [6.45, 7) is 0. The first-order chi connectivity index (χ1) is 20.9. The van der Waals surface area contributed by atoms with Crippen LogP contribution in [0.3, 0.4) is 0 Å². The molecule has 0 fully saturated rings. The second kappa shape index (κ2) is 10.5. The Morgan fingerprint density at radius 2 is 0.814 bits per heavy atom. The maximum atomic E-state index is 4.72. The Labute approximate surface area is 268 Å². The number of rotatable bonds is 6. The van der Waals surface area contributed by atoms with E-state index in [9.17, 15) is 0 Å². The van der Waals surface area contributed by atoms with Gasteiger partial charge in [-0.3, -0.25) is 0 Å². The third-order valence-corrected chi connectivity index (χ3v) is 12.6. The molecule has 8 rings (SSSR count). The van der Waals surface area contributed by atoms with Gasteiger partial charge in [-0.25, -0.2) is 0 Å². The molecule has 0 unspecified atom stereocenters. The van der Waals surface area contributed by atoms with Crippen molar-refractivity contribution in [1.29, 1.82) is 0 Å². The highest BCUT2D eigenvalue weighted by Crippen LogP contribution is 2.45. The van der Waals surface area contributed by atoms with Crippen molar-refractivity contribution in [2.75, 3.05) is 38.0 Å². The maximum absolute atomic E-state index is 4.72. The summed E-state index contributed by atoms with van der Waals surface area (Å²) in [4.78, 5) is 8.92. The van der Waals surface area contributed by atoms with Crippen LogP contribution in [0, 0.1) is 0 Å². The lowest BCUT2D eigenvalue weighted by atomic mass is 10.1. The normalized spacial score (nSPS) is 11.7. The number of nitrogens with zero attached hydrogens (tertiary/aromatic N) is 6. The number of thiophene rings is 4. The standard InChI is InChI=1S/C32H24N6S5/c1-37(2)19-9-5-17(6-10-19)21-13-23-25(39-21)15-27(41-23)29-31-32(36-43-35-31)30(34-33-29)28-16-26-24(42-28)14-22(40-26)18-7-11-20(12-8-18)38(3)4/h5-16H,1-4H3. The number of benzene rings is 2. The lowest BCUT2D eigenvalue weighted by molar-refractivity contribution is 1.06. The van der Waals surface area contributed by atoms with Gasteiger partial charge in [0.05, 0.1) is 21.5 Å². The van der Waals surface area contributed by atoms with Gasteiger partial charge in [-0.05, 0) is 59.7 Å². The summed E-state index contributed by atoms with van der Waals surface area (Å²) < 4.78 is 14.4. The van der Waals surface area contributed by atoms with Crippen molar-refractivity contribution in [2.45, 2.75) is 0 Å². The predicted molar refractivity (Wildman–Crippen MR) is 190 cm³/mol. The number of fused-ring (bicyclic) bond motifs is 3. The molecule has 0 bridgehead atoms. The molecule has 43 heavy (non-hydrogen) atoms. The van der Waals surface area contributed by atoms with Crippen LogP contribution in [-0.4, -0.2) is 47.1 Å². The van der Waals surface area contributed by atoms with Gasteiger partial charge in [-0.15, -0.1) is 55.5 Å². The second-order valence-electron chi connectivity index (χ2n) is 10.6. The summed E-state index contributed by atoms with van der Waals surface area (Å²) in [5.74, 6) is 0. The van der Waals surface area contributed by atoms with Gasteiger partial charge in [0.25, 0.3) is 0 Å². The Kier molecular flexibility index (Phi) is 6.53. The largest absolute Gasteiger partial charge is 0.378 e. The molecule has 0 N–H and O–H groups in total. The van der Waals surface area contributed by atoms with Gasteiger partial charge in [0.15, 0.2) is 0 Å². The lowest BCUT2D eigenvalue weighted by Crippen LogP contribution is -2.07. The average molecular weight is 653 g/mol. The molecule has 11 heteroatoms. The highest BCUT2D eigenvalue weighted by Gasteiger charge is 2.21. The molecule has 6 heterocycles. The highest BCUT2D eigenvalue weighted by molar-refractivity contribution is 7.31. The summed E-state index contributed by atoms with van der Waals surface area (Å²) in [6, 6.07) is 26.4. The van der Waals surface area contributed by atoms with E-state index in [4.69, 9.17) is 10.2 Å². The van der Waals surface area contributed by atoms with Crippen molar-refractivity contribution >= 4 is 98.3 Å². The van der Waals surface area contributed by atoms with Crippen LogP contribution in [0.25, 0.3) is 71.9 Å². The van der Waals surface area contributed by atoms with Gasteiger partial charge < -0.3 is 9.80 Å². The molecule has 0 spiro atoms. The third kappa shape index (κ3) is 4.72. The van der Waals surface area contributed by atoms with E-state index in [1.807, 2.05) is 22.7 Å². The van der Waals surface area contributed by atoms with Crippen LogP contribution >= 0.6 is 57.1 Å². The Hall–Kier alpha value is -3.74. The van der Waals surface area contributed by atoms with Crippen LogP contribution in [0.4, 0.5) is 11.4 Å². The molecule has 6 nitrogen and oxygen atoms in total. The van der Waals surface area contributed by atoms with Gasteiger partial charge >= 0.3 is 0 Å². The zero-order valence-electron chi connectivity index (χ0n) is 23.7. The SMILES string of the molecule is CN(C)c1ccc(-c2cc3sc(-c4nnc(-c5cc6sc(-c7ccc(N(C)C)cc7)cc6s5)c5nsnc45)cc3s2)cc1. The Bertz CT molecular complexity index is 2030. The fraction of sp³-hybridized carbons (Fsp3) is 0.125. The van der Waals surface area contributed by atoms with Crippen molar-refractivity contribution in [3.63, 3.8) is 0 Å². The maximum Gasteiger partial charge on any atom is 0.136 e. The fourth-order valence-corrected chi connectivity index (χ4v) is 10.4. The number of aromatic nitrogens is 4. The predicted octanol–water partition coefficient (Wildman–Crippen LogP) is 9.83. The topological polar surface area (TPSA) is 58.0 Å². The number of hydrogen-bond acceptors (Lipinski definition) is 11.